The van der Waals surface area contributed by atoms with E-state index in [-0.39, 0.29) is 11.6 Å². The van der Waals surface area contributed by atoms with Gasteiger partial charge in [-0.05, 0) is 31.9 Å². The molecule has 0 radical (unpaired) electrons. The highest BCUT2D eigenvalue weighted by Gasteiger charge is 2.28. The number of nitrogens with one attached hydrogen (secondary N) is 1. The van der Waals surface area contributed by atoms with E-state index in [1.165, 1.54) is 0 Å². The van der Waals surface area contributed by atoms with Crippen LogP contribution in [0.25, 0.3) is 0 Å². The van der Waals surface area contributed by atoms with Crippen LogP contribution in [-0.4, -0.2) is 23.7 Å². The van der Waals surface area contributed by atoms with Crippen LogP contribution in [0, 0.1) is 0 Å². The maximum absolute atomic E-state index is 6.05. The van der Waals surface area contributed by atoms with Crippen LogP contribution in [0.5, 0.6) is 0 Å². The van der Waals surface area contributed by atoms with Crippen molar-refractivity contribution in [1.29, 1.82) is 0 Å². The molecule has 0 aromatic carbocycles. The fourth-order valence-corrected chi connectivity index (χ4v) is 1.63. The second-order valence-corrected chi connectivity index (χ2v) is 4.61. The molecule has 3 N–H and O–H groups in total. The lowest BCUT2D eigenvalue weighted by Crippen LogP contribution is -2.52. The van der Waals surface area contributed by atoms with Gasteiger partial charge in [0.25, 0.3) is 0 Å². The summed E-state index contributed by atoms with van der Waals surface area (Å²) < 4.78 is 5.40. The molecule has 1 unspecified atom stereocenters. The van der Waals surface area contributed by atoms with Gasteiger partial charge in [-0.25, -0.2) is 0 Å². The minimum atomic E-state index is -0.360. The Morgan fingerprint density at radius 2 is 2.31 bits per heavy atom. The Balaban J connectivity index is 2.82. The molecule has 0 aliphatic rings. The number of methoxy groups -OCH3 is 1. The van der Waals surface area contributed by atoms with Gasteiger partial charge in [0.1, 0.15) is 0 Å². The molecule has 1 aromatic heterocycles. The molecule has 0 aliphatic carbocycles. The minimum Gasteiger partial charge on any atom is -0.377 e. The lowest BCUT2D eigenvalue weighted by Gasteiger charge is -2.32. The summed E-state index contributed by atoms with van der Waals surface area (Å²) in [7, 11) is 1.67. The molecule has 0 amide bonds. The molecule has 1 heterocycles. The van der Waals surface area contributed by atoms with Gasteiger partial charge in [0, 0.05) is 19.5 Å². The van der Waals surface area contributed by atoms with E-state index in [4.69, 9.17) is 22.2 Å². The van der Waals surface area contributed by atoms with Crippen molar-refractivity contribution in [3.05, 3.63) is 29.0 Å². The highest BCUT2D eigenvalue weighted by atomic mass is 35.5. The number of hydrazine groups is 1. The zero-order valence-electron chi connectivity index (χ0n) is 9.83. The van der Waals surface area contributed by atoms with Crippen LogP contribution in [0.2, 0.25) is 5.02 Å². The van der Waals surface area contributed by atoms with Crippen molar-refractivity contribution in [2.75, 3.05) is 7.11 Å². The Kier molecular flexibility index (Phi) is 4.68. The van der Waals surface area contributed by atoms with Gasteiger partial charge < -0.3 is 4.74 Å². The quantitative estimate of drug-likeness (QED) is 0.608. The average Bonchev–Trinajstić information content (AvgIpc) is 2.27. The van der Waals surface area contributed by atoms with Gasteiger partial charge in [0.2, 0.25) is 0 Å². The van der Waals surface area contributed by atoms with E-state index in [0.717, 1.165) is 5.56 Å². The highest BCUT2D eigenvalue weighted by Crippen LogP contribution is 2.21. The first-order valence-corrected chi connectivity index (χ1v) is 5.48. The van der Waals surface area contributed by atoms with Crippen molar-refractivity contribution in [3.63, 3.8) is 0 Å². The third-order valence-corrected chi connectivity index (χ3v) is 3.19. The molecule has 0 bridgehead atoms. The SMILES string of the molecule is COC(C)(C)C(Cc1ccncc1Cl)NN. The second kappa shape index (κ2) is 5.59. The number of pyridine rings is 1. The van der Waals surface area contributed by atoms with E-state index in [1.807, 2.05) is 19.9 Å². The maximum Gasteiger partial charge on any atom is 0.0791 e. The van der Waals surface area contributed by atoms with Crippen molar-refractivity contribution in [3.8, 4) is 0 Å². The van der Waals surface area contributed by atoms with Crippen molar-refractivity contribution in [2.24, 2.45) is 5.84 Å². The Hall–Kier alpha value is -0.680. The molecule has 0 fully saturated rings. The van der Waals surface area contributed by atoms with E-state index >= 15 is 0 Å². The molecule has 90 valence electrons. The summed E-state index contributed by atoms with van der Waals surface area (Å²) in [6.45, 7) is 3.96. The highest BCUT2D eigenvalue weighted by molar-refractivity contribution is 6.31. The molecule has 0 aliphatic heterocycles. The molecular weight excluding hydrogens is 226 g/mol. The van der Waals surface area contributed by atoms with Crippen LogP contribution in [0.15, 0.2) is 18.5 Å². The number of nitrogens with two attached hydrogens (primary N) is 1. The van der Waals surface area contributed by atoms with Crippen molar-refractivity contribution in [1.82, 2.24) is 10.4 Å². The van der Waals surface area contributed by atoms with E-state index in [1.54, 1.807) is 19.5 Å². The first-order chi connectivity index (χ1) is 7.51. The smallest absolute Gasteiger partial charge is 0.0791 e. The number of hydrogen-bond donors (Lipinski definition) is 2. The number of nitrogens with zero attached hydrogens (tertiary/aromatic N) is 1. The zero-order valence-corrected chi connectivity index (χ0v) is 10.6. The number of halogens is 1. The first-order valence-electron chi connectivity index (χ1n) is 5.11. The summed E-state index contributed by atoms with van der Waals surface area (Å²) in [5, 5.41) is 0.648. The first kappa shape index (κ1) is 13.4. The Morgan fingerprint density at radius 1 is 1.62 bits per heavy atom. The molecule has 5 heteroatoms. The normalized spacial score (nSPS) is 13.8. The summed E-state index contributed by atoms with van der Waals surface area (Å²) in [5.41, 5.74) is 3.41. The van der Waals surface area contributed by atoms with Crippen LogP contribution in [-0.2, 0) is 11.2 Å². The molecule has 0 spiro atoms. The predicted molar refractivity (Wildman–Crippen MR) is 65.2 cm³/mol. The van der Waals surface area contributed by atoms with Gasteiger partial charge in [0.05, 0.1) is 16.7 Å². The largest absolute Gasteiger partial charge is 0.377 e. The summed E-state index contributed by atoms with van der Waals surface area (Å²) in [6, 6.07) is 1.87. The van der Waals surface area contributed by atoms with Gasteiger partial charge in [-0.3, -0.25) is 16.3 Å². The molecule has 4 nitrogen and oxygen atoms in total. The predicted octanol–water partition coefficient (Wildman–Crippen LogP) is 1.53. The van der Waals surface area contributed by atoms with Gasteiger partial charge in [0.15, 0.2) is 0 Å². The molecular formula is C11H18ClN3O. The third-order valence-electron chi connectivity index (χ3n) is 2.85. The maximum atomic E-state index is 6.05. The van der Waals surface area contributed by atoms with Crippen LogP contribution >= 0.6 is 11.6 Å². The number of hydrogen-bond acceptors (Lipinski definition) is 4. The summed E-state index contributed by atoms with van der Waals surface area (Å²) in [4.78, 5) is 3.95. The lowest BCUT2D eigenvalue weighted by atomic mass is 9.93. The molecule has 16 heavy (non-hydrogen) atoms. The Morgan fingerprint density at radius 3 is 2.81 bits per heavy atom. The minimum absolute atomic E-state index is 0.0163. The lowest BCUT2D eigenvalue weighted by molar-refractivity contribution is -0.0101. The molecule has 1 atom stereocenters. The van der Waals surface area contributed by atoms with Crippen molar-refractivity contribution < 1.29 is 4.74 Å². The summed E-state index contributed by atoms with van der Waals surface area (Å²) in [5.74, 6) is 5.54. The van der Waals surface area contributed by atoms with Gasteiger partial charge in [-0.15, -0.1) is 0 Å². The topological polar surface area (TPSA) is 60.2 Å². The van der Waals surface area contributed by atoms with Crippen molar-refractivity contribution in [2.45, 2.75) is 31.9 Å². The standard InChI is InChI=1S/C11H18ClN3O/c1-11(2,16-3)10(15-13)6-8-4-5-14-7-9(8)12/h4-5,7,10,15H,6,13H2,1-3H3. The Labute approximate surface area is 101 Å². The van der Waals surface area contributed by atoms with Gasteiger partial charge in [-0.2, -0.15) is 0 Å². The van der Waals surface area contributed by atoms with Crippen LogP contribution < -0.4 is 11.3 Å². The molecule has 1 aromatic rings. The third kappa shape index (κ3) is 3.15. The average molecular weight is 244 g/mol. The fraction of sp³-hybridized carbons (Fsp3) is 0.545. The van der Waals surface area contributed by atoms with E-state index in [0.29, 0.717) is 11.4 Å². The number of rotatable bonds is 5. The molecule has 0 saturated heterocycles. The molecule has 1 rings (SSSR count). The number of aromatic nitrogens is 1. The fourth-order valence-electron chi connectivity index (χ4n) is 1.44. The van der Waals surface area contributed by atoms with E-state index in [2.05, 4.69) is 10.4 Å². The van der Waals surface area contributed by atoms with E-state index in [9.17, 15) is 0 Å². The number of ether oxygens (including phenoxy) is 1. The monoisotopic (exact) mass is 243 g/mol. The molecule has 0 saturated carbocycles. The second-order valence-electron chi connectivity index (χ2n) is 4.20. The van der Waals surface area contributed by atoms with Crippen LogP contribution in [0.4, 0.5) is 0 Å². The summed E-state index contributed by atoms with van der Waals surface area (Å²) in [6.07, 6.45) is 4.04. The Bertz CT molecular complexity index is 344. The van der Waals surface area contributed by atoms with Gasteiger partial charge in [-0.1, -0.05) is 11.6 Å². The zero-order chi connectivity index (χ0) is 12.2. The van der Waals surface area contributed by atoms with E-state index < -0.39 is 0 Å². The van der Waals surface area contributed by atoms with Crippen LogP contribution in [0.1, 0.15) is 19.4 Å². The van der Waals surface area contributed by atoms with Gasteiger partial charge >= 0.3 is 0 Å². The van der Waals surface area contributed by atoms with Crippen LogP contribution in [0.3, 0.4) is 0 Å². The van der Waals surface area contributed by atoms with Crippen molar-refractivity contribution >= 4 is 11.6 Å². The summed E-state index contributed by atoms with van der Waals surface area (Å²) >= 11 is 6.05.